The summed E-state index contributed by atoms with van der Waals surface area (Å²) < 4.78 is 6.08. The van der Waals surface area contributed by atoms with Gasteiger partial charge in [0.2, 0.25) is 5.88 Å². The van der Waals surface area contributed by atoms with Crippen molar-refractivity contribution in [3.8, 4) is 11.6 Å². The summed E-state index contributed by atoms with van der Waals surface area (Å²) in [7, 11) is 0. The Morgan fingerprint density at radius 3 is 2.17 bits per heavy atom. The van der Waals surface area contributed by atoms with Crippen LogP contribution in [0.2, 0.25) is 0 Å². The van der Waals surface area contributed by atoms with Crippen molar-refractivity contribution in [1.82, 2.24) is 4.98 Å². The van der Waals surface area contributed by atoms with Gasteiger partial charge in [-0.2, -0.15) is 0 Å². The summed E-state index contributed by atoms with van der Waals surface area (Å²) in [4.78, 5) is 4.74. The lowest BCUT2D eigenvalue weighted by Gasteiger charge is -2.12. The maximum atomic E-state index is 6.08. The number of hydrogen-bond acceptors (Lipinski definition) is 2. The molecule has 0 radical (unpaired) electrons. The highest BCUT2D eigenvalue weighted by molar-refractivity contribution is 5.80. The van der Waals surface area contributed by atoms with Crippen molar-refractivity contribution in [3.63, 3.8) is 0 Å². The first-order valence-corrected chi connectivity index (χ1v) is 8.04. The lowest BCUT2D eigenvalue weighted by Crippen LogP contribution is -1.97. The summed E-state index contributed by atoms with van der Waals surface area (Å²) in [6.45, 7) is 0. The molecule has 0 fully saturated rings. The summed E-state index contributed by atoms with van der Waals surface area (Å²) in [5.41, 5.74) is 3.27. The van der Waals surface area contributed by atoms with E-state index in [1.807, 2.05) is 54.6 Å². The van der Waals surface area contributed by atoms with Gasteiger partial charge in [0.15, 0.2) is 0 Å². The van der Waals surface area contributed by atoms with Crippen LogP contribution in [0.15, 0.2) is 91.0 Å². The van der Waals surface area contributed by atoms with E-state index in [4.69, 9.17) is 9.72 Å². The van der Waals surface area contributed by atoms with Crippen molar-refractivity contribution >= 4 is 10.9 Å². The fourth-order valence-corrected chi connectivity index (χ4v) is 2.77. The van der Waals surface area contributed by atoms with Crippen LogP contribution in [-0.4, -0.2) is 4.98 Å². The molecular formula is C22H17NO. The molecule has 0 amide bonds. The first-order valence-electron chi connectivity index (χ1n) is 8.04. The summed E-state index contributed by atoms with van der Waals surface area (Å²) >= 11 is 0. The topological polar surface area (TPSA) is 22.1 Å². The number of ether oxygens (including phenoxy) is 1. The number of hydrogen-bond donors (Lipinski definition) is 0. The van der Waals surface area contributed by atoms with Crippen molar-refractivity contribution in [2.24, 2.45) is 0 Å². The summed E-state index contributed by atoms with van der Waals surface area (Å²) in [5, 5.41) is 1.13. The lowest BCUT2D eigenvalue weighted by molar-refractivity contribution is 0.459. The van der Waals surface area contributed by atoms with E-state index in [1.165, 1.54) is 5.56 Å². The second kappa shape index (κ2) is 6.55. The van der Waals surface area contributed by atoms with Crippen LogP contribution in [-0.2, 0) is 6.42 Å². The maximum absolute atomic E-state index is 6.08. The van der Waals surface area contributed by atoms with Gasteiger partial charge in [0.1, 0.15) is 5.75 Å². The van der Waals surface area contributed by atoms with Crippen molar-refractivity contribution < 1.29 is 4.74 Å². The Bertz CT molecular complexity index is 869. The van der Waals surface area contributed by atoms with Gasteiger partial charge >= 0.3 is 0 Å². The van der Waals surface area contributed by atoms with Crippen LogP contribution in [0.5, 0.6) is 11.6 Å². The summed E-state index contributed by atoms with van der Waals surface area (Å²) in [6.07, 6.45) is 0.793. The molecule has 24 heavy (non-hydrogen) atoms. The van der Waals surface area contributed by atoms with Crippen LogP contribution in [0.1, 0.15) is 11.1 Å². The van der Waals surface area contributed by atoms with E-state index in [0.717, 1.165) is 28.6 Å². The van der Waals surface area contributed by atoms with Crippen molar-refractivity contribution in [3.05, 3.63) is 102 Å². The molecule has 0 saturated heterocycles. The average molecular weight is 311 g/mol. The van der Waals surface area contributed by atoms with Gasteiger partial charge in [0.05, 0.1) is 5.52 Å². The molecule has 3 aromatic carbocycles. The van der Waals surface area contributed by atoms with Gasteiger partial charge in [-0.05, 0) is 29.8 Å². The van der Waals surface area contributed by atoms with Gasteiger partial charge in [-0.1, -0.05) is 66.7 Å². The molecule has 0 spiro atoms. The zero-order chi connectivity index (χ0) is 16.2. The van der Waals surface area contributed by atoms with Crippen molar-refractivity contribution in [2.45, 2.75) is 6.42 Å². The number of aromatic nitrogens is 1. The third-order valence-electron chi connectivity index (χ3n) is 3.96. The number of rotatable bonds is 4. The van der Waals surface area contributed by atoms with E-state index < -0.39 is 0 Å². The monoisotopic (exact) mass is 311 g/mol. The molecule has 0 aliphatic rings. The molecule has 116 valence electrons. The molecule has 0 bridgehead atoms. The zero-order valence-electron chi connectivity index (χ0n) is 13.2. The molecule has 1 aromatic heterocycles. The molecule has 1 heterocycles. The number of nitrogens with zero attached hydrogens (tertiary/aromatic N) is 1. The van der Waals surface area contributed by atoms with Gasteiger partial charge in [-0.25, -0.2) is 4.98 Å². The molecule has 4 rings (SSSR count). The second-order valence-electron chi connectivity index (χ2n) is 5.72. The van der Waals surface area contributed by atoms with Crippen molar-refractivity contribution in [2.75, 3.05) is 0 Å². The third kappa shape index (κ3) is 3.13. The quantitative estimate of drug-likeness (QED) is 0.488. The number of fused-ring (bicyclic) bond motifs is 1. The molecule has 0 aliphatic carbocycles. The lowest BCUT2D eigenvalue weighted by atomic mass is 10.0. The second-order valence-corrected chi connectivity index (χ2v) is 5.72. The Morgan fingerprint density at radius 2 is 1.38 bits per heavy atom. The van der Waals surface area contributed by atoms with Gasteiger partial charge in [0, 0.05) is 17.4 Å². The van der Waals surface area contributed by atoms with Crippen LogP contribution in [0.3, 0.4) is 0 Å². The average Bonchev–Trinajstić information content (AvgIpc) is 2.64. The van der Waals surface area contributed by atoms with Crippen LogP contribution in [0.4, 0.5) is 0 Å². The van der Waals surface area contributed by atoms with Crippen LogP contribution >= 0.6 is 0 Å². The van der Waals surface area contributed by atoms with Crippen LogP contribution < -0.4 is 4.74 Å². The molecule has 2 nitrogen and oxygen atoms in total. The van der Waals surface area contributed by atoms with E-state index in [9.17, 15) is 0 Å². The van der Waals surface area contributed by atoms with Crippen LogP contribution in [0.25, 0.3) is 10.9 Å². The van der Waals surface area contributed by atoms with Crippen molar-refractivity contribution in [1.29, 1.82) is 0 Å². The standard InChI is InChI=1S/C22H17NO/c1-3-9-17(10-4-1)15-19-16-18-11-7-8-14-21(18)23-22(19)24-20-12-5-2-6-13-20/h1-14,16H,15H2. The van der Waals surface area contributed by atoms with E-state index >= 15 is 0 Å². The summed E-state index contributed by atoms with van der Waals surface area (Å²) in [6, 6.07) is 30.5. The summed E-state index contributed by atoms with van der Waals surface area (Å²) in [5.74, 6) is 1.47. The predicted octanol–water partition coefficient (Wildman–Crippen LogP) is 5.62. The normalized spacial score (nSPS) is 10.7. The SMILES string of the molecule is c1ccc(Cc2cc3ccccc3nc2Oc2ccccc2)cc1. The highest BCUT2D eigenvalue weighted by Gasteiger charge is 2.10. The Kier molecular flexibility index (Phi) is 3.95. The maximum Gasteiger partial charge on any atom is 0.223 e. The molecular weight excluding hydrogens is 294 g/mol. The van der Waals surface area contributed by atoms with E-state index in [-0.39, 0.29) is 0 Å². The highest BCUT2D eigenvalue weighted by atomic mass is 16.5. The molecule has 0 saturated carbocycles. The molecule has 4 aromatic rings. The molecule has 0 N–H and O–H groups in total. The first kappa shape index (κ1) is 14.5. The van der Waals surface area contributed by atoms with Gasteiger partial charge in [0.25, 0.3) is 0 Å². The molecule has 0 atom stereocenters. The minimum absolute atomic E-state index is 0.670. The minimum atomic E-state index is 0.670. The van der Waals surface area contributed by atoms with E-state index in [0.29, 0.717) is 5.88 Å². The largest absolute Gasteiger partial charge is 0.439 e. The fraction of sp³-hybridized carbons (Fsp3) is 0.0455. The zero-order valence-corrected chi connectivity index (χ0v) is 13.2. The first-order chi connectivity index (χ1) is 11.9. The Morgan fingerprint density at radius 1 is 0.708 bits per heavy atom. The fourth-order valence-electron chi connectivity index (χ4n) is 2.77. The molecule has 0 aliphatic heterocycles. The number of para-hydroxylation sites is 2. The number of benzene rings is 3. The third-order valence-corrected chi connectivity index (χ3v) is 3.96. The highest BCUT2D eigenvalue weighted by Crippen LogP contribution is 2.28. The van der Waals surface area contributed by atoms with E-state index in [2.05, 4.69) is 36.4 Å². The predicted molar refractivity (Wildman–Crippen MR) is 97.5 cm³/mol. The smallest absolute Gasteiger partial charge is 0.223 e. The van der Waals surface area contributed by atoms with E-state index in [1.54, 1.807) is 0 Å². The number of pyridine rings is 1. The minimum Gasteiger partial charge on any atom is -0.439 e. The molecule has 2 heteroatoms. The Balaban J connectivity index is 1.78. The van der Waals surface area contributed by atoms with Gasteiger partial charge in [-0.3, -0.25) is 0 Å². The Hall–Kier alpha value is -3.13. The Labute approximate surface area is 141 Å². The molecule has 0 unspecified atom stereocenters. The van der Waals surface area contributed by atoms with Gasteiger partial charge < -0.3 is 4.74 Å². The van der Waals surface area contributed by atoms with Crippen LogP contribution in [0, 0.1) is 0 Å². The van der Waals surface area contributed by atoms with Gasteiger partial charge in [-0.15, -0.1) is 0 Å².